The zero-order valence-electron chi connectivity index (χ0n) is 16.0. The van der Waals surface area contributed by atoms with Gasteiger partial charge in [0.05, 0.1) is 20.6 Å². The Balaban J connectivity index is 1.41. The van der Waals surface area contributed by atoms with E-state index in [0.29, 0.717) is 29.5 Å². The van der Waals surface area contributed by atoms with Crippen molar-refractivity contribution in [1.29, 1.82) is 0 Å². The minimum atomic E-state index is -0.0950. The monoisotopic (exact) mass is 425 g/mol. The lowest BCUT2D eigenvalue weighted by atomic mass is 10.1. The van der Waals surface area contributed by atoms with E-state index in [-0.39, 0.29) is 5.91 Å². The number of hydrogen-bond donors (Lipinski definition) is 1. The molecule has 0 spiro atoms. The number of fused-ring (bicyclic) bond motifs is 1. The molecule has 4 aromatic rings. The third-order valence-electron chi connectivity index (χ3n) is 4.43. The van der Waals surface area contributed by atoms with Crippen molar-refractivity contribution in [3.8, 4) is 11.5 Å². The summed E-state index contributed by atoms with van der Waals surface area (Å²) in [5.41, 5.74) is 2.06. The van der Waals surface area contributed by atoms with Crippen LogP contribution in [0, 0.1) is 0 Å². The lowest BCUT2D eigenvalue weighted by molar-refractivity contribution is -0.115. The van der Waals surface area contributed by atoms with Gasteiger partial charge in [-0.15, -0.1) is 21.5 Å². The van der Waals surface area contributed by atoms with Gasteiger partial charge in [0.2, 0.25) is 11.0 Å². The molecule has 0 fully saturated rings. The number of aromatic nitrogens is 2. The molecule has 2 aromatic heterocycles. The van der Waals surface area contributed by atoms with Crippen LogP contribution in [0.15, 0.2) is 47.8 Å². The van der Waals surface area contributed by atoms with Gasteiger partial charge in [-0.05, 0) is 40.1 Å². The number of rotatable bonds is 7. The van der Waals surface area contributed by atoms with Crippen molar-refractivity contribution in [2.45, 2.75) is 12.8 Å². The van der Waals surface area contributed by atoms with Crippen molar-refractivity contribution in [3.05, 3.63) is 64.0 Å². The molecule has 2 heterocycles. The predicted molar refractivity (Wildman–Crippen MR) is 116 cm³/mol. The summed E-state index contributed by atoms with van der Waals surface area (Å²) in [6, 6.07) is 13.8. The second-order valence-electron chi connectivity index (χ2n) is 6.35. The second-order valence-corrected chi connectivity index (χ2v) is 8.32. The molecule has 0 bridgehead atoms. The van der Waals surface area contributed by atoms with Crippen molar-refractivity contribution in [2.24, 2.45) is 0 Å². The third kappa shape index (κ3) is 4.38. The second kappa shape index (κ2) is 8.59. The molecule has 148 valence electrons. The smallest absolute Gasteiger partial charge is 0.230 e. The van der Waals surface area contributed by atoms with Gasteiger partial charge < -0.3 is 14.8 Å². The molecule has 0 saturated carbocycles. The number of nitrogens with zero attached hydrogens (tertiary/aromatic N) is 2. The van der Waals surface area contributed by atoms with E-state index in [1.54, 1.807) is 25.6 Å². The normalized spacial score (nSPS) is 10.8. The zero-order chi connectivity index (χ0) is 20.2. The summed E-state index contributed by atoms with van der Waals surface area (Å²) >= 11 is 3.02. The van der Waals surface area contributed by atoms with Crippen LogP contribution in [0.1, 0.15) is 16.1 Å². The average Bonchev–Trinajstić information content (AvgIpc) is 3.35. The van der Waals surface area contributed by atoms with Crippen molar-refractivity contribution in [2.75, 3.05) is 19.5 Å². The largest absolute Gasteiger partial charge is 0.493 e. The molecular formula is C21H19N3O3S2. The van der Waals surface area contributed by atoms with Gasteiger partial charge in [0.15, 0.2) is 11.5 Å². The highest BCUT2D eigenvalue weighted by molar-refractivity contribution is 7.17. The first-order valence-corrected chi connectivity index (χ1v) is 10.6. The molecule has 8 heteroatoms. The standard InChI is InChI=1S/C21H19N3O3S2/c1-26-16-8-7-13(9-17(16)27-2)10-20-23-24-21(29-20)22-19(25)11-14-12-28-18-6-4-3-5-15(14)18/h3-9,12H,10-11H2,1-2H3,(H,22,24,25). The summed E-state index contributed by atoms with van der Waals surface area (Å²) in [5.74, 6) is 1.26. The number of carbonyl (C=O) groups is 1. The maximum atomic E-state index is 12.4. The number of benzene rings is 2. The molecule has 0 aliphatic heterocycles. The number of carbonyl (C=O) groups excluding carboxylic acids is 1. The molecule has 0 aliphatic carbocycles. The maximum Gasteiger partial charge on any atom is 0.230 e. The summed E-state index contributed by atoms with van der Waals surface area (Å²) < 4.78 is 11.8. The Hall–Kier alpha value is -2.97. The highest BCUT2D eigenvalue weighted by atomic mass is 32.1. The van der Waals surface area contributed by atoms with E-state index in [2.05, 4.69) is 21.6 Å². The zero-order valence-corrected chi connectivity index (χ0v) is 17.6. The van der Waals surface area contributed by atoms with E-state index in [1.165, 1.54) is 16.0 Å². The van der Waals surface area contributed by atoms with Crippen LogP contribution < -0.4 is 14.8 Å². The fourth-order valence-electron chi connectivity index (χ4n) is 3.05. The number of anilines is 1. The quantitative estimate of drug-likeness (QED) is 0.471. The Labute approximate surface area is 176 Å². The van der Waals surface area contributed by atoms with Gasteiger partial charge >= 0.3 is 0 Å². The first-order valence-electron chi connectivity index (χ1n) is 8.94. The summed E-state index contributed by atoms with van der Waals surface area (Å²) in [6.45, 7) is 0. The van der Waals surface area contributed by atoms with Crippen LogP contribution in [-0.4, -0.2) is 30.3 Å². The maximum absolute atomic E-state index is 12.4. The number of ether oxygens (including phenoxy) is 2. The van der Waals surface area contributed by atoms with E-state index in [4.69, 9.17) is 9.47 Å². The van der Waals surface area contributed by atoms with Crippen LogP contribution in [0.3, 0.4) is 0 Å². The van der Waals surface area contributed by atoms with Crippen LogP contribution in [0.2, 0.25) is 0 Å². The summed E-state index contributed by atoms with van der Waals surface area (Å²) in [4.78, 5) is 12.4. The number of nitrogens with one attached hydrogen (secondary N) is 1. The molecule has 6 nitrogen and oxygen atoms in total. The molecule has 4 rings (SSSR count). The van der Waals surface area contributed by atoms with E-state index in [1.807, 2.05) is 41.8 Å². The number of amides is 1. The molecule has 1 amide bonds. The Morgan fingerprint density at radius 2 is 1.90 bits per heavy atom. The van der Waals surface area contributed by atoms with Crippen LogP contribution in [0.4, 0.5) is 5.13 Å². The number of thiophene rings is 1. The Bertz CT molecular complexity index is 1150. The molecule has 0 aliphatic rings. The van der Waals surface area contributed by atoms with Crippen LogP contribution in [0.25, 0.3) is 10.1 Å². The van der Waals surface area contributed by atoms with Gasteiger partial charge in [0, 0.05) is 11.1 Å². The van der Waals surface area contributed by atoms with E-state index in [0.717, 1.165) is 21.5 Å². The van der Waals surface area contributed by atoms with Crippen molar-refractivity contribution < 1.29 is 14.3 Å². The summed E-state index contributed by atoms with van der Waals surface area (Å²) in [7, 11) is 3.22. The SMILES string of the molecule is COc1ccc(Cc2nnc(NC(=O)Cc3csc4ccccc34)s2)cc1OC. The van der Waals surface area contributed by atoms with Crippen LogP contribution >= 0.6 is 22.7 Å². The predicted octanol–water partition coefficient (Wildman–Crippen LogP) is 4.54. The molecule has 29 heavy (non-hydrogen) atoms. The van der Waals surface area contributed by atoms with Gasteiger partial charge in [0.25, 0.3) is 0 Å². The molecule has 1 N–H and O–H groups in total. The number of methoxy groups -OCH3 is 2. The molecule has 2 aromatic carbocycles. The Morgan fingerprint density at radius 1 is 1.07 bits per heavy atom. The van der Waals surface area contributed by atoms with E-state index >= 15 is 0 Å². The summed E-state index contributed by atoms with van der Waals surface area (Å²) in [5, 5.41) is 15.6. The van der Waals surface area contributed by atoms with Gasteiger partial charge in [-0.2, -0.15) is 0 Å². The minimum absolute atomic E-state index is 0.0950. The molecular weight excluding hydrogens is 406 g/mol. The minimum Gasteiger partial charge on any atom is -0.493 e. The molecule has 0 saturated heterocycles. The topological polar surface area (TPSA) is 73.3 Å². The van der Waals surface area contributed by atoms with Gasteiger partial charge in [0.1, 0.15) is 5.01 Å². The lowest BCUT2D eigenvalue weighted by Crippen LogP contribution is -2.13. The Kier molecular flexibility index (Phi) is 5.73. The number of hydrogen-bond acceptors (Lipinski definition) is 7. The average molecular weight is 426 g/mol. The summed E-state index contributed by atoms with van der Waals surface area (Å²) in [6.07, 6.45) is 0.914. The fraction of sp³-hybridized carbons (Fsp3) is 0.190. The van der Waals surface area contributed by atoms with Crippen molar-refractivity contribution in [3.63, 3.8) is 0 Å². The molecule has 0 radical (unpaired) electrons. The fourth-order valence-corrected chi connectivity index (χ4v) is 4.80. The van der Waals surface area contributed by atoms with Gasteiger partial charge in [-0.25, -0.2) is 0 Å². The van der Waals surface area contributed by atoms with Crippen LogP contribution in [0.5, 0.6) is 11.5 Å². The lowest BCUT2D eigenvalue weighted by Gasteiger charge is -2.08. The molecule has 0 unspecified atom stereocenters. The van der Waals surface area contributed by atoms with E-state index < -0.39 is 0 Å². The van der Waals surface area contributed by atoms with Gasteiger partial charge in [-0.3, -0.25) is 4.79 Å². The van der Waals surface area contributed by atoms with Crippen molar-refractivity contribution in [1.82, 2.24) is 10.2 Å². The van der Waals surface area contributed by atoms with E-state index in [9.17, 15) is 4.79 Å². The highest BCUT2D eigenvalue weighted by Crippen LogP contribution is 2.29. The Morgan fingerprint density at radius 3 is 2.72 bits per heavy atom. The molecule has 0 atom stereocenters. The van der Waals surface area contributed by atoms with Crippen LogP contribution in [-0.2, 0) is 17.6 Å². The first-order chi connectivity index (χ1) is 14.2. The van der Waals surface area contributed by atoms with Gasteiger partial charge in [-0.1, -0.05) is 35.6 Å². The first kappa shape index (κ1) is 19.4. The van der Waals surface area contributed by atoms with Crippen molar-refractivity contribution >= 4 is 43.8 Å². The third-order valence-corrected chi connectivity index (χ3v) is 6.28. The highest BCUT2D eigenvalue weighted by Gasteiger charge is 2.13.